The Morgan fingerprint density at radius 1 is 0.500 bits per heavy atom. The van der Waals surface area contributed by atoms with E-state index in [0.717, 1.165) is 12.8 Å². The molecule has 0 radical (unpaired) electrons. The topological polar surface area (TPSA) is 4.93 Å². The number of hydrogen-bond donors (Lipinski definition) is 0. The maximum atomic E-state index is 2.48. The van der Waals surface area contributed by atoms with Crippen molar-refractivity contribution >= 4 is 49.9 Å². The molecule has 2 aliphatic rings. The van der Waals surface area contributed by atoms with Crippen LogP contribution in [-0.4, -0.2) is 4.57 Å². The number of aromatic nitrogens is 1. The SMILES string of the molecule is C1=C2c3ccccc3Sc3ccc(-c4ccc(-c5ccccc5-n5c6ccccc6c6ccc7ccccc7c65)cc4)c(c32)CC1. The van der Waals surface area contributed by atoms with Crippen molar-refractivity contribution in [2.75, 3.05) is 0 Å². The molecule has 0 N–H and O–H groups in total. The number of para-hydroxylation sites is 2. The maximum Gasteiger partial charge on any atom is 0.0619 e. The van der Waals surface area contributed by atoms with Crippen molar-refractivity contribution in [1.29, 1.82) is 0 Å². The van der Waals surface area contributed by atoms with Crippen LogP contribution in [0.15, 0.2) is 161 Å². The lowest BCUT2D eigenvalue weighted by Gasteiger charge is -2.29. The third-order valence-electron chi connectivity index (χ3n) is 9.90. The first-order valence-corrected chi connectivity index (χ1v) is 16.9. The summed E-state index contributed by atoms with van der Waals surface area (Å²) >= 11 is 1.91. The van der Waals surface area contributed by atoms with Gasteiger partial charge in [0.25, 0.3) is 0 Å². The molecule has 216 valence electrons. The van der Waals surface area contributed by atoms with Gasteiger partial charge in [-0.1, -0.05) is 139 Å². The standard InChI is InChI=1S/C44H29NS/c1-2-12-33-28(10-1)24-25-38-34-13-4-7-18-40(34)45(44(33)38)39-17-6-3-11-32(39)30-22-20-29(21-23-30)31-26-27-42-43-36(31)15-9-16-37(43)35-14-5-8-19-41(35)46-42/h1-8,10-14,16-27H,9,15H2. The van der Waals surface area contributed by atoms with Gasteiger partial charge in [-0.3, -0.25) is 0 Å². The van der Waals surface area contributed by atoms with Crippen LogP contribution in [-0.2, 0) is 6.42 Å². The summed E-state index contributed by atoms with van der Waals surface area (Å²) in [5.74, 6) is 0. The van der Waals surface area contributed by atoms with Crippen molar-refractivity contribution in [3.05, 3.63) is 168 Å². The molecule has 46 heavy (non-hydrogen) atoms. The summed E-state index contributed by atoms with van der Waals surface area (Å²) < 4.78 is 2.48. The smallest absolute Gasteiger partial charge is 0.0619 e. The Bertz CT molecular complexity index is 2550. The van der Waals surface area contributed by atoms with Crippen molar-refractivity contribution in [2.45, 2.75) is 22.6 Å². The number of fused-ring (bicyclic) bond motifs is 7. The largest absolute Gasteiger partial charge is 0.308 e. The van der Waals surface area contributed by atoms with Crippen molar-refractivity contribution in [3.8, 4) is 27.9 Å². The normalized spacial score (nSPS) is 13.5. The summed E-state index contributed by atoms with van der Waals surface area (Å²) in [4.78, 5) is 2.74. The lowest BCUT2D eigenvalue weighted by atomic mass is 9.82. The minimum atomic E-state index is 1.08. The molecular formula is C44H29NS. The van der Waals surface area contributed by atoms with Gasteiger partial charge < -0.3 is 4.57 Å². The molecule has 1 nitrogen and oxygen atoms in total. The first kappa shape index (κ1) is 26.0. The van der Waals surface area contributed by atoms with E-state index in [0.29, 0.717) is 0 Å². The van der Waals surface area contributed by atoms with E-state index in [1.165, 1.54) is 92.6 Å². The molecule has 1 aliphatic heterocycles. The molecule has 8 aromatic rings. The molecule has 0 saturated carbocycles. The van der Waals surface area contributed by atoms with Gasteiger partial charge in [-0.25, -0.2) is 0 Å². The van der Waals surface area contributed by atoms with Crippen LogP contribution in [0.4, 0.5) is 0 Å². The predicted octanol–water partition coefficient (Wildman–Crippen LogP) is 12.1. The zero-order valence-electron chi connectivity index (χ0n) is 25.2. The molecular weight excluding hydrogens is 575 g/mol. The van der Waals surface area contributed by atoms with Crippen molar-refractivity contribution < 1.29 is 0 Å². The van der Waals surface area contributed by atoms with E-state index >= 15 is 0 Å². The highest BCUT2D eigenvalue weighted by atomic mass is 32.2. The molecule has 2 heterocycles. The Morgan fingerprint density at radius 2 is 1.22 bits per heavy atom. The number of allylic oxidation sites excluding steroid dienone is 1. The Labute approximate surface area is 272 Å². The molecule has 0 bridgehead atoms. The molecule has 0 unspecified atom stereocenters. The van der Waals surface area contributed by atoms with E-state index in [-0.39, 0.29) is 0 Å². The minimum Gasteiger partial charge on any atom is -0.308 e. The lowest BCUT2D eigenvalue weighted by molar-refractivity contribution is 0.964. The molecule has 1 aromatic heterocycles. The molecule has 0 fully saturated rings. The van der Waals surface area contributed by atoms with Crippen LogP contribution in [0.2, 0.25) is 0 Å². The molecule has 1 aliphatic carbocycles. The quantitative estimate of drug-likeness (QED) is 0.194. The van der Waals surface area contributed by atoms with Crippen LogP contribution in [0, 0.1) is 0 Å². The average Bonchev–Trinajstić information content (AvgIpc) is 3.47. The van der Waals surface area contributed by atoms with Crippen molar-refractivity contribution in [3.63, 3.8) is 0 Å². The lowest BCUT2D eigenvalue weighted by Crippen LogP contribution is -2.08. The van der Waals surface area contributed by atoms with Gasteiger partial charge >= 0.3 is 0 Å². The Kier molecular flexibility index (Phi) is 5.70. The van der Waals surface area contributed by atoms with E-state index in [1.807, 2.05) is 11.8 Å². The molecule has 0 spiro atoms. The molecule has 0 amide bonds. The van der Waals surface area contributed by atoms with Gasteiger partial charge in [0.15, 0.2) is 0 Å². The summed E-state index contributed by atoms with van der Waals surface area (Å²) in [7, 11) is 0. The summed E-state index contributed by atoms with van der Waals surface area (Å²) in [6, 6.07) is 53.8. The fourth-order valence-corrected chi connectivity index (χ4v) is 9.01. The maximum absolute atomic E-state index is 2.48. The van der Waals surface area contributed by atoms with Gasteiger partial charge in [0.2, 0.25) is 0 Å². The second kappa shape index (κ2) is 10.1. The van der Waals surface area contributed by atoms with Crippen LogP contribution in [0.25, 0.3) is 66.1 Å². The van der Waals surface area contributed by atoms with Gasteiger partial charge in [-0.15, -0.1) is 0 Å². The molecule has 2 heteroatoms. The van der Waals surface area contributed by atoms with Gasteiger partial charge in [0.1, 0.15) is 0 Å². The van der Waals surface area contributed by atoms with Gasteiger partial charge in [0.05, 0.1) is 16.7 Å². The second-order valence-electron chi connectivity index (χ2n) is 12.3. The Balaban J connectivity index is 1.12. The van der Waals surface area contributed by atoms with E-state index < -0.39 is 0 Å². The minimum absolute atomic E-state index is 1.08. The molecule has 7 aromatic carbocycles. The first-order chi connectivity index (χ1) is 22.8. The molecule has 10 rings (SSSR count). The van der Waals surface area contributed by atoms with Gasteiger partial charge in [-0.2, -0.15) is 0 Å². The van der Waals surface area contributed by atoms with E-state index in [4.69, 9.17) is 0 Å². The monoisotopic (exact) mass is 603 g/mol. The second-order valence-corrected chi connectivity index (χ2v) is 13.4. The fraction of sp³-hybridized carbons (Fsp3) is 0.0455. The molecule has 0 atom stereocenters. The Morgan fingerprint density at radius 3 is 2.11 bits per heavy atom. The highest BCUT2D eigenvalue weighted by Gasteiger charge is 2.27. The van der Waals surface area contributed by atoms with Crippen LogP contribution >= 0.6 is 11.8 Å². The summed E-state index contributed by atoms with van der Waals surface area (Å²) in [6.07, 6.45) is 4.61. The first-order valence-electron chi connectivity index (χ1n) is 16.1. The predicted molar refractivity (Wildman–Crippen MR) is 195 cm³/mol. The fourth-order valence-electron chi connectivity index (χ4n) is 7.86. The van der Waals surface area contributed by atoms with Crippen LogP contribution in [0.5, 0.6) is 0 Å². The summed E-state index contributed by atoms with van der Waals surface area (Å²) in [6.45, 7) is 0. The number of rotatable bonds is 3. The van der Waals surface area contributed by atoms with Crippen molar-refractivity contribution in [2.24, 2.45) is 0 Å². The van der Waals surface area contributed by atoms with Crippen LogP contribution in [0.3, 0.4) is 0 Å². The average molecular weight is 604 g/mol. The van der Waals surface area contributed by atoms with Gasteiger partial charge in [-0.05, 0) is 81.4 Å². The van der Waals surface area contributed by atoms with E-state index in [2.05, 4.69) is 156 Å². The van der Waals surface area contributed by atoms with E-state index in [1.54, 1.807) is 0 Å². The Hall–Kier alpha value is -5.31. The van der Waals surface area contributed by atoms with Gasteiger partial charge in [0, 0.05) is 31.5 Å². The summed E-state index contributed by atoms with van der Waals surface area (Å²) in [5.41, 5.74) is 14.5. The third kappa shape index (κ3) is 3.77. The van der Waals surface area contributed by atoms with Crippen molar-refractivity contribution in [1.82, 2.24) is 4.57 Å². The number of hydrogen-bond acceptors (Lipinski definition) is 1. The summed E-state index contributed by atoms with van der Waals surface area (Å²) in [5, 5.41) is 5.10. The zero-order valence-corrected chi connectivity index (χ0v) is 26.0. The van der Waals surface area contributed by atoms with Crippen LogP contribution in [0.1, 0.15) is 23.1 Å². The number of benzene rings is 7. The highest BCUT2D eigenvalue weighted by molar-refractivity contribution is 7.99. The van der Waals surface area contributed by atoms with Crippen LogP contribution < -0.4 is 0 Å². The highest BCUT2D eigenvalue weighted by Crippen LogP contribution is 2.50. The van der Waals surface area contributed by atoms with E-state index in [9.17, 15) is 0 Å². The number of nitrogens with zero attached hydrogens (tertiary/aromatic N) is 1. The zero-order chi connectivity index (χ0) is 30.2. The molecule has 0 saturated heterocycles. The third-order valence-corrected chi connectivity index (χ3v) is 11.0.